The molecular weight excluding hydrogens is 199 g/mol. The zero-order valence-electron chi connectivity index (χ0n) is 7.99. The van der Waals surface area contributed by atoms with Gasteiger partial charge in [0.2, 0.25) is 5.88 Å². The minimum Gasteiger partial charge on any atom is -0.507 e. The van der Waals surface area contributed by atoms with E-state index in [1.165, 1.54) is 18.2 Å². The van der Waals surface area contributed by atoms with Crippen molar-refractivity contribution in [1.29, 1.82) is 0 Å². The van der Waals surface area contributed by atoms with Gasteiger partial charge < -0.3 is 15.4 Å². The average Bonchev–Trinajstić information content (AvgIpc) is 2.58. The lowest BCUT2D eigenvalue weighted by molar-refractivity contribution is 0.437. The molecule has 2 rings (SSSR count). The standard InChI is InChI=1S/C10H9FN2O2/c1-5-2-6(11)3-7(10(5)14)8-4-9(12)15-13-8/h2-4,14H,12H2,1H3. The van der Waals surface area contributed by atoms with Gasteiger partial charge in [0, 0.05) is 11.6 Å². The molecule has 0 bridgehead atoms. The molecule has 1 aromatic carbocycles. The van der Waals surface area contributed by atoms with Crippen LogP contribution in [0.4, 0.5) is 10.3 Å². The summed E-state index contributed by atoms with van der Waals surface area (Å²) in [6.07, 6.45) is 0. The van der Waals surface area contributed by atoms with Crippen molar-refractivity contribution in [1.82, 2.24) is 5.16 Å². The van der Waals surface area contributed by atoms with E-state index in [4.69, 9.17) is 5.73 Å². The Labute approximate surface area is 85.1 Å². The number of phenols is 1. The number of phenolic OH excluding ortho intramolecular Hbond substituents is 1. The quantitative estimate of drug-likeness (QED) is 0.752. The molecule has 3 N–H and O–H groups in total. The number of anilines is 1. The van der Waals surface area contributed by atoms with Crippen LogP contribution in [0, 0.1) is 12.7 Å². The summed E-state index contributed by atoms with van der Waals surface area (Å²) in [5.74, 6) is -0.349. The molecule has 78 valence electrons. The fourth-order valence-corrected chi connectivity index (χ4v) is 1.35. The van der Waals surface area contributed by atoms with Crippen LogP contribution in [0.15, 0.2) is 22.7 Å². The van der Waals surface area contributed by atoms with Gasteiger partial charge in [-0.05, 0) is 24.6 Å². The minimum atomic E-state index is -0.443. The van der Waals surface area contributed by atoms with Gasteiger partial charge in [0.05, 0.1) is 0 Å². The minimum absolute atomic E-state index is 0.0234. The Kier molecular flexibility index (Phi) is 2.07. The van der Waals surface area contributed by atoms with Gasteiger partial charge in [-0.3, -0.25) is 0 Å². The van der Waals surface area contributed by atoms with E-state index in [1.807, 2.05) is 0 Å². The summed E-state index contributed by atoms with van der Waals surface area (Å²) < 4.78 is 17.7. The number of rotatable bonds is 1. The summed E-state index contributed by atoms with van der Waals surface area (Å²) in [5.41, 5.74) is 6.36. The van der Waals surface area contributed by atoms with Crippen molar-refractivity contribution >= 4 is 5.88 Å². The Morgan fingerprint density at radius 3 is 2.73 bits per heavy atom. The normalized spacial score (nSPS) is 10.5. The summed E-state index contributed by atoms with van der Waals surface area (Å²) in [6, 6.07) is 3.84. The highest BCUT2D eigenvalue weighted by atomic mass is 19.1. The molecule has 0 aliphatic heterocycles. The van der Waals surface area contributed by atoms with Gasteiger partial charge in [-0.2, -0.15) is 0 Å². The second-order valence-corrected chi connectivity index (χ2v) is 3.23. The van der Waals surface area contributed by atoms with Gasteiger partial charge in [-0.15, -0.1) is 0 Å². The summed E-state index contributed by atoms with van der Waals surface area (Å²) in [6.45, 7) is 1.60. The third-order valence-corrected chi connectivity index (χ3v) is 2.07. The topological polar surface area (TPSA) is 72.3 Å². The molecule has 0 atom stereocenters. The predicted octanol–water partition coefficient (Wildman–Crippen LogP) is 2.08. The molecule has 0 unspecified atom stereocenters. The Hall–Kier alpha value is -2.04. The molecule has 0 fully saturated rings. The van der Waals surface area contributed by atoms with Crippen LogP contribution in [0.2, 0.25) is 0 Å². The molecule has 1 aromatic heterocycles. The first-order chi connectivity index (χ1) is 7.08. The lowest BCUT2D eigenvalue weighted by Gasteiger charge is -2.03. The highest BCUT2D eigenvalue weighted by molar-refractivity contribution is 5.69. The van der Waals surface area contributed by atoms with Crippen LogP contribution in [0.5, 0.6) is 5.75 Å². The molecule has 0 radical (unpaired) electrons. The molecule has 1 heterocycles. The van der Waals surface area contributed by atoms with Gasteiger partial charge >= 0.3 is 0 Å². The highest BCUT2D eigenvalue weighted by Crippen LogP contribution is 2.32. The summed E-state index contributed by atoms with van der Waals surface area (Å²) >= 11 is 0. The fraction of sp³-hybridized carbons (Fsp3) is 0.100. The van der Waals surface area contributed by atoms with E-state index in [0.717, 1.165) is 0 Å². The van der Waals surface area contributed by atoms with Gasteiger partial charge in [-0.1, -0.05) is 5.16 Å². The maximum Gasteiger partial charge on any atom is 0.222 e. The Morgan fingerprint density at radius 2 is 2.13 bits per heavy atom. The predicted molar refractivity (Wildman–Crippen MR) is 52.7 cm³/mol. The molecule has 0 aliphatic carbocycles. The van der Waals surface area contributed by atoms with E-state index in [2.05, 4.69) is 9.68 Å². The number of nitrogens with two attached hydrogens (primary N) is 1. The maximum atomic E-state index is 13.1. The SMILES string of the molecule is Cc1cc(F)cc(-c2cc(N)on2)c1O. The lowest BCUT2D eigenvalue weighted by atomic mass is 10.1. The number of halogens is 1. The average molecular weight is 208 g/mol. The second-order valence-electron chi connectivity index (χ2n) is 3.23. The summed E-state index contributed by atoms with van der Waals surface area (Å²) in [7, 11) is 0. The zero-order valence-corrected chi connectivity index (χ0v) is 7.99. The molecule has 4 nitrogen and oxygen atoms in total. The van der Waals surface area contributed by atoms with Crippen LogP contribution in [0.1, 0.15) is 5.56 Å². The first kappa shape index (κ1) is 9.51. The lowest BCUT2D eigenvalue weighted by Crippen LogP contribution is -1.85. The van der Waals surface area contributed by atoms with E-state index in [0.29, 0.717) is 11.3 Å². The van der Waals surface area contributed by atoms with Crippen LogP contribution >= 0.6 is 0 Å². The monoisotopic (exact) mass is 208 g/mol. The summed E-state index contributed by atoms with van der Waals surface area (Å²) in [4.78, 5) is 0. The largest absolute Gasteiger partial charge is 0.507 e. The molecule has 0 spiro atoms. The van der Waals surface area contributed by atoms with Gasteiger partial charge in [-0.25, -0.2) is 4.39 Å². The van der Waals surface area contributed by atoms with E-state index in [1.54, 1.807) is 6.92 Å². The van der Waals surface area contributed by atoms with Crippen LogP contribution in [-0.2, 0) is 0 Å². The second kappa shape index (κ2) is 3.27. The molecular formula is C10H9FN2O2. The Morgan fingerprint density at radius 1 is 1.40 bits per heavy atom. The summed E-state index contributed by atoms with van der Waals surface area (Å²) in [5, 5.41) is 13.3. The molecule has 0 amide bonds. The van der Waals surface area contributed by atoms with E-state index in [-0.39, 0.29) is 17.2 Å². The molecule has 15 heavy (non-hydrogen) atoms. The van der Waals surface area contributed by atoms with E-state index < -0.39 is 5.82 Å². The number of aromatic nitrogens is 1. The number of nitrogens with zero attached hydrogens (tertiary/aromatic N) is 1. The van der Waals surface area contributed by atoms with E-state index in [9.17, 15) is 9.50 Å². The van der Waals surface area contributed by atoms with Crippen LogP contribution in [0.3, 0.4) is 0 Å². The number of aryl methyl sites for hydroxylation is 1. The van der Waals surface area contributed by atoms with Gasteiger partial charge in [0.25, 0.3) is 0 Å². The van der Waals surface area contributed by atoms with Gasteiger partial charge in [0.1, 0.15) is 17.3 Å². The van der Waals surface area contributed by atoms with E-state index >= 15 is 0 Å². The molecule has 2 aromatic rings. The van der Waals surface area contributed by atoms with Crippen molar-refractivity contribution in [2.75, 3.05) is 5.73 Å². The molecule has 0 saturated carbocycles. The van der Waals surface area contributed by atoms with Crippen LogP contribution in [-0.4, -0.2) is 10.3 Å². The Bertz CT molecular complexity index is 508. The molecule has 0 aliphatic rings. The smallest absolute Gasteiger partial charge is 0.222 e. The first-order valence-corrected chi connectivity index (χ1v) is 4.29. The molecule has 0 saturated heterocycles. The maximum absolute atomic E-state index is 13.1. The van der Waals surface area contributed by atoms with Crippen molar-refractivity contribution in [3.63, 3.8) is 0 Å². The van der Waals surface area contributed by atoms with Crippen molar-refractivity contribution in [2.24, 2.45) is 0 Å². The number of aromatic hydroxyl groups is 1. The van der Waals surface area contributed by atoms with Crippen molar-refractivity contribution in [3.8, 4) is 17.0 Å². The highest BCUT2D eigenvalue weighted by Gasteiger charge is 2.12. The number of nitrogen functional groups attached to an aromatic ring is 1. The van der Waals surface area contributed by atoms with Gasteiger partial charge in [0.15, 0.2) is 0 Å². The third kappa shape index (κ3) is 1.63. The number of benzene rings is 1. The van der Waals surface area contributed by atoms with Crippen LogP contribution in [0.25, 0.3) is 11.3 Å². The fourth-order valence-electron chi connectivity index (χ4n) is 1.35. The third-order valence-electron chi connectivity index (χ3n) is 2.07. The zero-order chi connectivity index (χ0) is 11.0. The number of hydrogen-bond acceptors (Lipinski definition) is 4. The number of hydrogen-bond donors (Lipinski definition) is 2. The van der Waals surface area contributed by atoms with Crippen molar-refractivity contribution in [3.05, 3.63) is 29.6 Å². The first-order valence-electron chi connectivity index (χ1n) is 4.29. The molecule has 5 heteroatoms. The van der Waals surface area contributed by atoms with Crippen molar-refractivity contribution < 1.29 is 14.0 Å². The van der Waals surface area contributed by atoms with Crippen molar-refractivity contribution in [2.45, 2.75) is 6.92 Å². The Balaban J connectivity index is 2.62. The van der Waals surface area contributed by atoms with Crippen LogP contribution < -0.4 is 5.73 Å².